The van der Waals surface area contributed by atoms with E-state index in [4.69, 9.17) is 14.2 Å². The van der Waals surface area contributed by atoms with E-state index < -0.39 is 0 Å². The number of benzene rings is 2. The van der Waals surface area contributed by atoms with Crippen molar-refractivity contribution in [1.29, 1.82) is 0 Å². The number of para-hydroxylation sites is 1. The van der Waals surface area contributed by atoms with Crippen molar-refractivity contribution < 1.29 is 28.6 Å². The minimum absolute atomic E-state index is 0.108. The lowest BCUT2D eigenvalue weighted by Gasteiger charge is -2.26. The van der Waals surface area contributed by atoms with Crippen molar-refractivity contribution in [2.45, 2.75) is 6.92 Å². The monoisotopic (exact) mass is 436 g/mol. The maximum atomic E-state index is 12.9. The summed E-state index contributed by atoms with van der Waals surface area (Å²) in [5, 5.41) is 0. The van der Waals surface area contributed by atoms with Gasteiger partial charge in [0, 0.05) is 25.6 Å². The average molecular weight is 436 g/mol. The third-order valence-corrected chi connectivity index (χ3v) is 5.38. The van der Waals surface area contributed by atoms with Crippen LogP contribution in [0.1, 0.15) is 22.8 Å². The summed E-state index contributed by atoms with van der Waals surface area (Å²) >= 11 is 0. The zero-order valence-electron chi connectivity index (χ0n) is 18.0. The van der Waals surface area contributed by atoms with Crippen LogP contribution in [0.3, 0.4) is 0 Å². The second-order valence-corrected chi connectivity index (χ2v) is 7.42. The summed E-state index contributed by atoms with van der Waals surface area (Å²) in [6.45, 7) is 3.47. The van der Waals surface area contributed by atoms with Crippen LogP contribution in [-0.4, -0.2) is 62.5 Å². The van der Waals surface area contributed by atoms with Crippen molar-refractivity contribution in [3.05, 3.63) is 59.3 Å². The van der Waals surface area contributed by atoms with Gasteiger partial charge in [0.25, 0.3) is 5.91 Å². The van der Waals surface area contributed by atoms with Crippen molar-refractivity contribution in [3.8, 4) is 11.5 Å². The van der Waals surface area contributed by atoms with Crippen molar-refractivity contribution in [1.82, 2.24) is 4.90 Å². The summed E-state index contributed by atoms with van der Waals surface area (Å²) < 4.78 is 16.4. The van der Waals surface area contributed by atoms with E-state index in [9.17, 15) is 14.4 Å². The molecule has 0 N–H and O–H groups in total. The standard InChI is InChI=1S/C24H24N2O6/c1-16(27)26-19-6-4-3-5-18(19)24(29)20(26)13-17-7-8-21(22(14-17)30-2)32-15-23(28)25-9-11-31-12-10-25/h3-8,13-14H,9-12,15H2,1-2H3/b20-13-. The van der Waals surface area contributed by atoms with Gasteiger partial charge in [-0.25, -0.2) is 0 Å². The highest BCUT2D eigenvalue weighted by Crippen LogP contribution is 2.36. The maximum Gasteiger partial charge on any atom is 0.260 e. The number of anilines is 1. The Morgan fingerprint density at radius 2 is 1.84 bits per heavy atom. The number of ketones is 1. The maximum absolute atomic E-state index is 12.9. The lowest BCUT2D eigenvalue weighted by Crippen LogP contribution is -2.43. The third-order valence-electron chi connectivity index (χ3n) is 5.38. The summed E-state index contributed by atoms with van der Waals surface area (Å²) in [5.74, 6) is 0.259. The van der Waals surface area contributed by atoms with E-state index in [-0.39, 0.29) is 29.9 Å². The van der Waals surface area contributed by atoms with Crippen molar-refractivity contribution in [2.24, 2.45) is 0 Å². The molecule has 2 aliphatic heterocycles. The van der Waals surface area contributed by atoms with Crippen LogP contribution in [0, 0.1) is 0 Å². The summed E-state index contributed by atoms with van der Waals surface area (Å²) in [5.41, 5.74) is 2.00. The van der Waals surface area contributed by atoms with Gasteiger partial charge in [-0.15, -0.1) is 0 Å². The third kappa shape index (κ3) is 4.22. The number of hydrogen-bond acceptors (Lipinski definition) is 6. The average Bonchev–Trinajstić information content (AvgIpc) is 3.10. The Labute approximate surface area is 186 Å². The number of carbonyl (C=O) groups excluding carboxylic acids is 3. The first-order valence-electron chi connectivity index (χ1n) is 10.3. The topological polar surface area (TPSA) is 85.4 Å². The highest BCUT2D eigenvalue weighted by molar-refractivity contribution is 6.26. The van der Waals surface area contributed by atoms with E-state index in [1.54, 1.807) is 53.4 Å². The number of amides is 2. The van der Waals surface area contributed by atoms with Crippen molar-refractivity contribution in [3.63, 3.8) is 0 Å². The Morgan fingerprint density at radius 3 is 2.56 bits per heavy atom. The molecular formula is C24H24N2O6. The van der Waals surface area contributed by atoms with Gasteiger partial charge in [0.1, 0.15) is 0 Å². The Kier molecular flexibility index (Phi) is 6.23. The number of nitrogens with zero attached hydrogens (tertiary/aromatic N) is 2. The molecule has 0 atom stereocenters. The molecule has 4 rings (SSSR count). The van der Waals surface area contributed by atoms with Crippen LogP contribution in [0.5, 0.6) is 11.5 Å². The van der Waals surface area contributed by atoms with Crippen molar-refractivity contribution in [2.75, 3.05) is 44.9 Å². The zero-order valence-corrected chi connectivity index (χ0v) is 18.0. The van der Waals surface area contributed by atoms with E-state index in [1.807, 2.05) is 0 Å². The van der Waals surface area contributed by atoms with Gasteiger partial charge in [0.2, 0.25) is 11.7 Å². The molecule has 0 radical (unpaired) electrons. The molecule has 32 heavy (non-hydrogen) atoms. The molecule has 2 aliphatic rings. The first kappa shape index (κ1) is 21.6. The number of methoxy groups -OCH3 is 1. The van der Waals surface area contributed by atoms with Gasteiger partial charge in [-0.1, -0.05) is 18.2 Å². The first-order valence-corrected chi connectivity index (χ1v) is 10.3. The molecule has 8 heteroatoms. The van der Waals surface area contributed by atoms with Crippen LogP contribution in [-0.2, 0) is 14.3 Å². The molecule has 0 bridgehead atoms. The molecule has 8 nitrogen and oxygen atoms in total. The fraction of sp³-hybridized carbons (Fsp3) is 0.292. The van der Waals surface area contributed by atoms with Crippen LogP contribution in [0.25, 0.3) is 6.08 Å². The molecule has 0 aliphatic carbocycles. The molecule has 0 unspecified atom stereocenters. The van der Waals surface area contributed by atoms with E-state index in [0.29, 0.717) is 54.6 Å². The number of allylic oxidation sites excluding steroid dienone is 1. The molecule has 0 aromatic heterocycles. The van der Waals surface area contributed by atoms with Gasteiger partial charge in [-0.3, -0.25) is 19.3 Å². The molecule has 1 saturated heterocycles. The van der Waals surface area contributed by atoms with Crippen LogP contribution >= 0.6 is 0 Å². The van der Waals surface area contributed by atoms with E-state index in [2.05, 4.69) is 0 Å². The lowest BCUT2D eigenvalue weighted by molar-refractivity contribution is -0.137. The van der Waals surface area contributed by atoms with Gasteiger partial charge in [-0.2, -0.15) is 0 Å². The number of fused-ring (bicyclic) bond motifs is 1. The van der Waals surface area contributed by atoms with Crippen LogP contribution < -0.4 is 14.4 Å². The minimum atomic E-state index is -0.247. The zero-order chi connectivity index (χ0) is 22.7. The van der Waals surface area contributed by atoms with Crippen molar-refractivity contribution >= 4 is 29.4 Å². The molecule has 0 saturated carbocycles. The molecule has 2 heterocycles. The molecule has 2 amide bonds. The van der Waals surface area contributed by atoms with E-state index >= 15 is 0 Å². The van der Waals surface area contributed by atoms with Gasteiger partial charge < -0.3 is 19.1 Å². The fourth-order valence-corrected chi connectivity index (χ4v) is 3.79. The predicted molar refractivity (Wildman–Crippen MR) is 118 cm³/mol. The summed E-state index contributed by atoms with van der Waals surface area (Å²) in [4.78, 5) is 40.6. The summed E-state index contributed by atoms with van der Waals surface area (Å²) in [6, 6.07) is 12.1. The number of hydrogen-bond donors (Lipinski definition) is 0. The molecular weight excluding hydrogens is 412 g/mol. The van der Waals surface area contributed by atoms with Gasteiger partial charge in [0.15, 0.2) is 18.1 Å². The Balaban J connectivity index is 1.55. The second kappa shape index (κ2) is 9.23. The second-order valence-electron chi connectivity index (χ2n) is 7.42. The quantitative estimate of drug-likeness (QED) is 0.670. The number of rotatable bonds is 5. The van der Waals surface area contributed by atoms with Gasteiger partial charge in [0.05, 0.1) is 31.7 Å². The molecule has 2 aromatic rings. The Hall–Kier alpha value is -3.65. The van der Waals surface area contributed by atoms with Crippen LogP contribution in [0.15, 0.2) is 48.2 Å². The van der Waals surface area contributed by atoms with Gasteiger partial charge in [-0.05, 0) is 35.9 Å². The number of carbonyl (C=O) groups is 3. The lowest BCUT2D eigenvalue weighted by atomic mass is 10.1. The molecule has 1 fully saturated rings. The van der Waals surface area contributed by atoms with E-state index in [0.717, 1.165) is 0 Å². The summed E-state index contributed by atoms with van der Waals surface area (Å²) in [6.07, 6.45) is 1.65. The summed E-state index contributed by atoms with van der Waals surface area (Å²) in [7, 11) is 1.50. The Morgan fingerprint density at radius 1 is 1.09 bits per heavy atom. The SMILES string of the molecule is COc1cc(/C=C2/C(=O)c3ccccc3N2C(C)=O)ccc1OCC(=O)N1CCOCC1. The predicted octanol–water partition coefficient (Wildman–Crippen LogP) is 2.52. The number of morpholine rings is 1. The number of Topliss-reactive ketones (excluding diaryl/α,β-unsaturated/α-hetero) is 1. The fourth-order valence-electron chi connectivity index (χ4n) is 3.79. The number of ether oxygens (including phenoxy) is 3. The Bertz CT molecular complexity index is 1090. The normalized spacial score (nSPS) is 16.8. The first-order chi connectivity index (χ1) is 15.5. The highest BCUT2D eigenvalue weighted by atomic mass is 16.5. The van der Waals surface area contributed by atoms with E-state index in [1.165, 1.54) is 18.9 Å². The van der Waals surface area contributed by atoms with Crippen LogP contribution in [0.4, 0.5) is 5.69 Å². The molecule has 2 aromatic carbocycles. The minimum Gasteiger partial charge on any atom is -0.493 e. The highest BCUT2D eigenvalue weighted by Gasteiger charge is 2.34. The smallest absolute Gasteiger partial charge is 0.260 e. The largest absolute Gasteiger partial charge is 0.493 e. The molecule has 0 spiro atoms. The molecule has 166 valence electrons. The van der Waals surface area contributed by atoms with Gasteiger partial charge >= 0.3 is 0 Å². The van der Waals surface area contributed by atoms with Crippen LogP contribution in [0.2, 0.25) is 0 Å².